The van der Waals surface area contributed by atoms with E-state index in [0.29, 0.717) is 13.1 Å². The van der Waals surface area contributed by atoms with Crippen molar-refractivity contribution in [3.05, 3.63) is 71.8 Å². The Hall–Kier alpha value is -2.62. The number of rotatable bonds is 6. The van der Waals surface area contributed by atoms with Crippen molar-refractivity contribution in [3.8, 4) is 0 Å². The van der Waals surface area contributed by atoms with Crippen LogP contribution in [-0.4, -0.2) is 23.8 Å². The molecule has 1 aliphatic rings. The summed E-state index contributed by atoms with van der Waals surface area (Å²) in [6.07, 6.45) is 3.16. The topological polar surface area (TPSA) is 49.4 Å². The van der Waals surface area contributed by atoms with Crippen LogP contribution in [-0.2, 0) is 22.7 Å². The smallest absolute Gasteiger partial charge is 0.225 e. The standard InChI is InChI=1S/C23H28N2O2/c1-25(17-19-10-6-3-7-11-19)23(27)21-14-12-20(13-15-21)22(26)24-16-18-8-4-2-5-9-18/h2-11,20-21H,12-17H2,1H3,(H,24,26). The molecule has 142 valence electrons. The molecule has 1 fully saturated rings. The Kier molecular flexibility index (Phi) is 6.64. The lowest BCUT2D eigenvalue weighted by molar-refractivity contribution is -0.137. The van der Waals surface area contributed by atoms with E-state index in [9.17, 15) is 9.59 Å². The van der Waals surface area contributed by atoms with Gasteiger partial charge in [0.15, 0.2) is 0 Å². The summed E-state index contributed by atoms with van der Waals surface area (Å²) in [5.74, 6) is 0.374. The number of amides is 2. The summed E-state index contributed by atoms with van der Waals surface area (Å²) in [4.78, 5) is 26.9. The molecule has 3 rings (SSSR count). The van der Waals surface area contributed by atoms with Gasteiger partial charge in [0.05, 0.1) is 0 Å². The van der Waals surface area contributed by atoms with E-state index in [1.807, 2.05) is 72.6 Å². The fourth-order valence-electron chi connectivity index (χ4n) is 3.78. The molecule has 0 bridgehead atoms. The highest BCUT2D eigenvalue weighted by Gasteiger charge is 2.31. The van der Waals surface area contributed by atoms with Gasteiger partial charge in [0.25, 0.3) is 0 Å². The molecule has 4 nitrogen and oxygen atoms in total. The average molecular weight is 364 g/mol. The van der Waals surface area contributed by atoms with Gasteiger partial charge < -0.3 is 10.2 Å². The van der Waals surface area contributed by atoms with Crippen molar-refractivity contribution < 1.29 is 9.59 Å². The number of hydrogen-bond acceptors (Lipinski definition) is 2. The lowest BCUT2D eigenvalue weighted by Gasteiger charge is -2.30. The summed E-state index contributed by atoms with van der Waals surface area (Å²) in [7, 11) is 1.87. The third-order valence-corrected chi connectivity index (χ3v) is 5.40. The van der Waals surface area contributed by atoms with Gasteiger partial charge in [-0.05, 0) is 36.8 Å². The minimum Gasteiger partial charge on any atom is -0.352 e. The van der Waals surface area contributed by atoms with Crippen LogP contribution >= 0.6 is 0 Å². The summed E-state index contributed by atoms with van der Waals surface area (Å²) in [6.45, 7) is 1.20. The molecule has 1 aliphatic carbocycles. The monoisotopic (exact) mass is 364 g/mol. The second kappa shape index (κ2) is 9.36. The van der Waals surface area contributed by atoms with E-state index in [2.05, 4.69) is 5.32 Å². The Morgan fingerprint density at radius 1 is 0.852 bits per heavy atom. The van der Waals surface area contributed by atoms with Gasteiger partial charge in [0, 0.05) is 32.0 Å². The Bertz CT molecular complexity index is 737. The van der Waals surface area contributed by atoms with Gasteiger partial charge in [-0.3, -0.25) is 9.59 Å². The van der Waals surface area contributed by atoms with E-state index in [-0.39, 0.29) is 23.7 Å². The summed E-state index contributed by atoms with van der Waals surface area (Å²) < 4.78 is 0. The van der Waals surface area contributed by atoms with Crippen molar-refractivity contribution in [2.45, 2.75) is 38.8 Å². The number of nitrogens with zero attached hydrogens (tertiary/aromatic N) is 1. The molecule has 0 spiro atoms. The fraction of sp³-hybridized carbons (Fsp3) is 0.391. The quantitative estimate of drug-likeness (QED) is 0.848. The van der Waals surface area contributed by atoms with Crippen LogP contribution in [0.25, 0.3) is 0 Å². The van der Waals surface area contributed by atoms with Gasteiger partial charge in [-0.15, -0.1) is 0 Å². The highest BCUT2D eigenvalue weighted by atomic mass is 16.2. The van der Waals surface area contributed by atoms with Gasteiger partial charge in [0.1, 0.15) is 0 Å². The molecule has 0 atom stereocenters. The molecule has 27 heavy (non-hydrogen) atoms. The largest absolute Gasteiger partial charge is 0.352 e. The maximum absolute atomic E-state index is 12.7. The van der Waals surface area contributed by atoms with E-state index in [1.165, 1.54) is 0 Å². The van der Waals surface area contributed by atoms with Crippen LogP contribution in [0, 0.1) is 11.8 Å². The number of hydrogen-bond donors (Lipinski definition) is 1. The first-order valence-corrected chi connectivity index (χ1v) is 9.74. The molecule has 0 unspecified atom stereocenters. The minimum atomic E-state index is 0.0252. The molecular formula is C23H28N2O2. The molecule has 2 aromatic carbocycles. The van der Waals surface area contributed by atoms with E-state index >= 15 is 0 Å². The van der Waals surface area contributed by atoms with E-state index in [1.54, 1.807) is 0 Å². The van der Waals surface area contributed by atoms with Crippen molar-refractivity contribution >= 4 is 11.8 Å². The maximum Gasteiger partial charge on any atom is 0.225 e. The summed E-state index contributed by atoms with van der Waals surface area (Å²) in [5, 5.41) is 3.03. The second-order valence-electron chi connectivity index (χ2n) is 7.43. The van der Waals surface area contributed by atoms with Gasteiger partial charge >= 0.3 is 0 Å². The molecule has 2 aromatic rings. The Morgan fingerprint density at radius 2 is 1.37 bits per heavy atom. The summed E-state index contributed by atoms with van der Waals surface area (Å²) >= 11 is 0. The van der Waals surface area contributed by atoms with E-state index < -0.39 is 0 Å². The molecule has 0 aromatic heterocycles. The SMILES string of the molecule is CN(Cc1ccccc1)C(=O)C1CCC(C(=O)NCc2ccccc2)CC1. The highest BCUT2D eigenvalue weighted by Crippen LogP contribution is 2.30. The van der Waals surface area contributed by atoms with Crippen LogP contribution in [0.1, 0.15) is 36.8 Å². The molecular weight excluding hydrogens is 336 g/mol. The number of carbonyl (C=O) groups is 2. The number of benzene rings is 2. The zero-order chi connectivity index (χ0) is 19.1. The predicted molar refractivity (Wildman–Crippen MR) is 107 cm³/mol. The molecule has 0 radical (unpaired) electrons. The number of carbonyl (C=O) groups excluding carboxylic acids is 2. The zero-order valence-corrected chi connectivity index (χ0v) is 15.9. The highest BCUT2D eigenvalue weighted by molar-refractivity contribution is 5.81. The molecule has 0 aliphatic heterocycles. The third kappa shape index (κ3) is 5.43. The van der Waals surface area contributed by atoms with Crippen LogP contribution in [0.4, 0.5) is 0 Å². The van der Waals surface area contributed by atoms with Gasteiger partial charge in [-0.1, -0.05) is 60.7 Å². The lowest BCUT2D eigenvalue weighted by atomic mass is 9.81. The van der Waals surface area contributed by atoms with Crippen molar-refractivity contribution in [2.24, 2.45) is 11.8 Å². The third-order valence-electron chi connectivity index (χ3n) is 5.40. The Balaban J connectivity index is 1.43. The molecule has 0 saturated heterocycles. The van der Waals surface area contributed by atoms with E-state index in [0.717, 1.165) is 36.8 Å². The van der Waals surface area contributed by atoms with Crippen LogP contribution in [0.5, 0.6) is 0 Å². The van der Waals surface area contributed by atoms with Gasteiger partial charge in [-0.25, -0.2) is 0 Å². The zero-order valence-electron chi connectivity index (χ0n) is 15.9. The molecule has 4 heteroatoms. The maximum atomic E-state index is 12.7. The van der Waals surface area contributed by atoms with Crippen LogP contribution in [0.3, 0.4) is 0 Å². The van der Waals surface area contributed by atoms with Crippen molar-refractivity contribution in [2.75, 3.05) is 7.05 Å². The summed E-state index contributed by atoms with van der Waals surface area (Å²) in [6, 6.07) is 20.0. The first-order valence-electron chi connectivity index (χ1n) is 9.74. The van der Waals surface area contributed by atoms with Crippen LogP contribution in [0.15, 0.2) is 60.7 Å². The first-order chi connectivity index (χ1) is 13.1. The van der Waals surface area contributed by atoms with Crippen molar-refractivity contribution in [1.29, 1.82) is 0 Å². The normalized spacial score (nSPS) is 19.3. The molecule has 0 heterocycles. The lowest BCUT2D eigenvalue weighted by Crippen LogP contribution is -2.38. The van der Waals surface area contributed by atoms with Crippen molar-refractivity contribution in [1.82, 2.24) is 10.2 Å². The second-order valence-corrected chi connectivity index (χ2v) is 7.43. The molecule has 2 amide bonds. The van der Waals surface area contributed by atoms with Crippen molar-refractivity contribution in [3.63, 3.8) is 0 Å². The average Bonchev–Trinajstić information content (AvgIpc) is 2.73. The summed E-state index contributed by atoms with van der Waals surface area (Å²) in [5.41, 5.74) is 2.25. The van der Waals surface area contributed by atoms with Crippen LogP contribution < -0.4 is 5.32 Å². The van der Waals surface area contributed by atoms with E-state index in [4.69, 9.17) is 0 Å². The number of nitrogens with one attached hydrogen (secondary N) is 1. The predicted octanol–water partition coefficient (Wildman–Crippen LogP) is 3.77. The van der Waals surface area contributed by atoms with Gasteiger partial charge in [0.2, 0.25) is 11.8 Å². The Morgan fingerprint density at radius 3 is 1.96 bits per heavy atom. The van der Waals surface area contributed by atoms with Gasteiger partial charge in [-0.2, -0.15) is 0 Å². The Labute approximate surface area is 161 Å². The first kappa shape index (κ1) is 19.2. The molecule has 1 saturated carbocycles. The van der Waals surface area contributed by atoms with Crippen LogP contribution in [0.2, 0.25) is 0 Å². The fourth-order valence-corrected chi connectivity index (χ4v) is 3.78. The molecule has 1 N–H and O–H groups in total. The minimum absolute atomic E-state index is 0.0252.